The average Bonchev–Trinajstić information content (AvgIpc) is 2.42. The van der Waals surface area contributed by atoms with Crippen molar-refractivity contribution in [2.24, 2.45) is 0 Å². The summed E-state index contributed by atoms with van der Waals surface area (Å²) in [5, 5.41) is 9.12. The van der Waals surface area contributed by atoms with E-state index in [2.05, 4.69) is 22.9 Å². The van der Waals surface area contributed by atoms with E-state index < -0.39 is 10.0 Å². The van der Waals surface area contributed by atoms with Crippen molar-refractivity contribution in [3.8, 4) is 0 Å². The highest BCUT2D eigenvalue weighted by atomic mass is 79.9. The van der Waals surface area contributed by atoms with Crippen molar-refractivity contribution in [2.75, 3.05) is 6.54 Å². The molecule has 0 aliphatic rings. The van der Waals surface area contributed by atoms with Gasteiger partial charge >= 0.3 is 0 Å². The largest absolute Gasteiger partial charge is 0.392 e. The topological polar surface area (TPSA) is 57.6 Å². The molecule has 0 saturated heterocycles. The number of aliphatic hydroxyl groups is 1. The Kier molecular flexibility index (Phi) is 7.33. The van der Waals surface area contributed by atoms with Crippen LogP contribution in [0, 0.1) is 0 Å². The standard InChI is InChI=1S/C15H24BrNO3S/c1-4-5-6-9-17(12(2)3)21(19,20)15-8-7-13(11-18)10-14(15)16/h7-8,10,12,18H,4-6,9,11H2,1-3H3. The third kappa shape index (κ3) is 4.77. The Morgan fingerprint density at radius 2 is 1.95 bits per heavy atom. The van der Waals surface area contributed by atoms with Gasteiger partial charge < -0.3 is 5.11 Å². The predicted molar refractivity (Wildman–Crippen MR) is 88.6 cm³/mol. The first kappa shape index (κ1) is 18.6. The van der Waals surface area contributed by atoms with Gasteiger partial charge in [0.05, 0.1) is 11.5 Å². The van der Waals surface area contributed by atoms with Crippen LogP contribution in [0.15, 0.2) is 27.6 Å². The highest BCUT2D eigenvalue weighted by Crippen LogP contribution is 2.27. The summed E-state index contributed by atoms with van der Waals surface area (Å²) in [6, 6.07) is 4.76. The molecule has 0 atom stereocenters. The van der Waals surface area contributed by atoms with E-state index in [-0.39, 0.29) is 17.5 Å². The highest BCUT2D eigenvalue weighted by Gasteiger charge is 2.28. The number of benzene rings is 1. The fourth-order valence-electron chi connectivity index (χ4n) is 2.15. The van der Waals surface area contributed by atoms with E-state index in [4.69, 9.17) is 5.11 Å². The fourth-order valence-corrected chi connectivity index (χ4v) is 4.91. The number of aliphatic hydroxyl groups excluding tert-OH is 1. The fraction of sp³-hybridized carbons (Fsp3) is 0.600. The second kappa shape index (κ2) is 8.27. The zero-order chi connectivity index (χ0) is 16.0. The summed E-state index contributed by atoms with van der Waals surface area (Å²) in [6.45, 7) is 6.29. The van der Waals surface area contributed by atoms with E-state index in [0.29, 0.717) is 16.6 Å². The highest BCUT2D eigenvalue weighted by molar-refractivity contribution is 9.10. The lowest BCUT2D eigenvalue weighted by molar-refractivity contribution is 0.281. The van der Waals surface area contributed by atoms with Crippen molar-refractivity contribution >= 4 is 26.0 Å². The molecule has 6 heteroatoms. The van der Waals surface area contributed by atoms with Crippen LogP contribution in [0.1, 0.15) is 45.6 Å². The third-order valence-corrected chi connectivity index (χ3v) is 6.38. The molecule has 0 spiro atoms. The molecule has 0 amide bonds. The maximum Gasteiger partial charge on any atom is 0.244 e. The summed E-state index contributed by atoms with van der Waals surface area (Å²) >= 11 is 3.31. The van der Waals surface area contributed by atoms with Gasteiger partial charge in [-0.15, -0.1) is 0 Å². The Morgan fingerprint density at radius 3 is 2.43 bits per heavy atom. The first-order valence-corrected chi connectivity index (χ1v) is 9.49. The van der Waals surface area contributed by atoms with Gasteiger partial charge in [0.2, 0.25) is 10.0 Å². The van der Waals surface area contributed by atoms with Crippen molar-refractivity contribution in [2.45, 2.75) is 57.6 Å². The van der Waals surface area contributed by atoms with Gasteiger partial charge in [0.1, 0.15) is 0 Å². The molecule has 0 heterocycles. The first-order chi connectivity index (χ1) is 9.84. The van der Waals surface area contributed by atoms with Crippen LogP contribution in [0.25, 0.3) is 0 Å². The van der Waals surface area contributed by atoms with Crippen LogP contribution < -0.4 is 0 Å². The van der Waals surface area contributed by atoms with Crippen LogP contribution in [-0.2, 0) is 16.6 Å². The number of nitrogens with zero attached hydrogens (tertiary/aromatic N) is 1. The zero-order valence-corrected chi connectivity index (χ0v) is 15.2. The molecule has 0 bridgehead atoms. The number of halogens is 1. The van der Waals surface area contributed by atoms with Crippen molar-refractivity contribution in [1.82, 2.24) is 4.31 Å². The molecular formula is C15H24BrNO3S. The Morgan fingerprint density at radius 1 is 1.29 bits per heavy atom. The van der Waals surface area contributed by atoms with Crippen LogP contribution in [0.3, 0.4) is 0 Å². The molecular weight excluding hydrogens is 354 g/mol. The molecule has 1 aromatic rings. The summed E-state index contributed by atoms with van der Waals surface area (Å²) in [7, 11) is -3.53. The summed E-state index contributed by atoms with van der Waals surface area (Å²) in [6.07, 6.45) is 2.94. The van der Waals surface area contributed by atoms with Gasteiger partial charge in [-0.25, -0.2) is 8.42 Å². The average molecular weight is 378 g/mol. The van der Waals surface area contributed by atoms with Crippen LogP contribution in [0.5, 0.6) is 0 Å². The lowest BCUT2D eigenvalue weighted by atomic mass is 10.2. The minimum absolute atomic E-state index is 0.0868. The van der Waals surface area contributed by atoms with E-state index >= 15 is 0 Å². The van der Waals surface area contributed by atoms with Crippen molar-refractivity contribution in [3.63, 3.8) is 0 Å². The van der Waals surface area contributed by atoms with Gasteiger partial charge in [-0.3, -0.25) is 0 Å². The third-order valence-electron chi connectivity index (χ3n) is 3.32. The van der Waals surface area contributed by atoms with E-state index in [1.54, 1.807) is 22.5 Å². The molecule has 0 saturated carbocycles. The molecule has 1 aromatic carbocycles. The lowest BCUT2D eigenvalue weighted by Crippen LogP contribution is -2.37. The molecule has 0 aromatic heterocycles. The van der Waals surface area contributed by atoms with Crippen LogP contribution in [0.4, 0.5) is 0 Å². The second-order valence-electron chi connectivity index (χ2n) is 5.34. The van der Waals surface area contributed by atoms with Crippen molar-refractivity contribution in [3.05, 3.63) is 28.2 Å². The monoisotopic (exact) mass is 377 g/mol. The minimum Gasteiger partial charge on any atom is -0.392 e. The van der Waals surface area contributed by atoms with Gasteiger partial charge in [-0.05, 0) is 53.9 Å². The smallest absolute Gasteiger partial charge is 0.244 e. The maximum atomic E-state index is 12.8. The quantitative estimate of drug-likeness (QED) is 0.704. The van der Waals surface area contributed by atoms with E-state index in [9.17, 15) is 8.42 Å². The molecule has 0 aliphatic heterocycles. The van der Waals surface area contributed by atoms with Gasteiger partial charge in [0, 0.05) is 17.1 Å². The molecule has 21 heavy (non-hydrogen) atoms. The molecule has 1 N–H and O–H groups in total. The molecule has 0 fully saturated rings. The molecule has 120 valence electrons. The van der Waals surface area contributed by atoms with Crippen LogP contribution in [0.2, 0.25) is 0 Å². The zero-order valence-electron chi connectivity index (χ0n) is 12.8. The Labute approximate surface area is 136 Å². The molecule has 1 rings (SSSR count). The Bertz CT molecular complexity index is 558. The van der Waals surface area contributed by atoms with E-state index in [1.165, 1.54) is 0 Å². The maximum absolute atomic E-state index is 12.8. The van der Waals surface area contributed by atoms with Crippen LogP contribution >= 0.6 is 15.9 Å². The number of rotatable bonds is 8. The van der Waals surface area contributed by atoms with Gasteiger partial charge in [0.25, 0.3) is 0 Å². The Hall–Kier alpha value is -0.430. The minimum atomic E-state index is -3.53. The summed E-state index contributed by atoms with van der Waals surface area (Å²) < 4.78 is 27.7. The Balaban J connectivity index is 3.11. The normalized spacial score (nSPS) is 12.3. The summed E-state index contributed by atoms with van der Waals surface area (Å²) in [4.78, 5) is 0.255. The van der Waals surface area contributed by atoms with Gasteiger partial charge in [-0.2, -0.15) is 4.31 Å². The first-order valence-electron chi connectivity index (χ1n) is 7.25. The molecule has 0 unspecified atom stereocenters. The number of hydrogen-bond donors (Lipinski definition) is 1. The lowest BCUT2D eigenvalue weighted by Gasteiger charge is -2.26. The summed E-state index contributed by atoms with van der Waals surface area (Å²) in [5.41, 5.74) is 0.683. The van der Waals surface area contributed by atoms with Crippen molar-refractivity contribution < 1.29 is 13.5 Å². The number of unbranched alkanes of at least 4 members (excludes halogenated alkanes) is 2. The molecule has 0 radical (unpaired) electrons. The second-order valence-corrected chi connectivity index (χ2v) is 8.05. The molecule has 0 aliphatic carbocycles. The van der Waals surface area contributed by atoms with Gasteiger partial charge in [-0.1, -0.05) is 25.8 Å². The van der Waals surface area contributed by atoms with Crippen LogP contribution in [-0.4, -0.2) is 30.4 Å². The SMILES string of the molecule is CCCCCN(C(C)C)S(=O)(=O)c1ccc(CO)cc1Br. The number of hydrogen-bond acceptors (Lipinski definition) is 3. The summed E-state index contributed by atoms with van der Waals surface area (Å²) in [5.74, 6) is 0. The van der Waals surface area contributed by atoms with E-state index in [0.717, 1.165) is 19.3 Å². The van der Waals surface area contributed by atoms with Crippen molar-refractivity contribution in [1.29, 1.82) is 0 Å². The van der Waals surface area contributed by atoms with E-state index in [1.807, 2.05) is 13.8 Å². The van der Waals surface area contributed by atoms with Gasteiger partial charge in [0.15, 0.2) is 0 Å². The molecule has 4 nitrogen and oxygen atoms in total. The predicted octanol–water partition coefficient (Wildman–Crippen LogP) is 3.53. The number of sulfonamides is 1.